The van der Waals surface area contributed by atoms with Gasteiger partial charge in [-0.25, -0.2) is 15.0 Å². The van der Waals surface area contributed by atoms with E-state index in [1.165, 1.54) is 0 Å². The van der Waals surface area contributed by atoms with Crippen LogP contribution in [0.5, 0.6) is 11.5 Å². The number of ether oxygens (including phenoxy) is 1. The van der Waals surface area contributed by atoms with Crippen LogP contribution in [0.4, 0.5) is 17.2 Å². The number of pyridine rings is 1. The summed E-state index contributed by atoms with van der Waals surface area (Å²) in [6, 6.07) is 33.0. The maximum atomic E-state index is 14.8. The molecule has 0 saturated carbocycles. The van der Waals surface area contributed by atoms with Crippen molar-refractivity contribution in [2.75, 3.05) is 68.0 Å². The molecule has 0 bridgehead atoms. The predicted molar refractivity (Wildman–Crippen MR) is 258 cm³/mol. The normalized spacial score (nSPS) is 17.7. The number of hydrogen-bond acceptors (Lipinski definition) is 10. The summed E-state index contributed by atoms with van der Waals surface area (Å²) in [5.74, 6) is 0.791. The molecule has 9 rings (SSSR count). The van der Waals surface area contributed by atoms with Gasteiger partial charge in [-0.15, -0.1) is 6.58 Å². The Morgan fingerprint density at radius 2 is 1.63 bits per heavy atom. The number of aromatic nitrogens is 2. The summed E-state index contributed by atoms with van der Waals surface area (Å²) in [7, 11) is 3.56. The van der Waals surface area contributed by atoms with Crippen molar-refractivity contribution in [3.63, 3.8) is 0 Å². The number of hydrogen-bond donors (Lipinski definition) is 2. The van der Waals surface area contributed by atoms with Crippen LogP contribution in [0.2, 0.25) is 0 Å². The second-order valence-corrected chi connectivity index (χ2v) is 17.2. The molecular formula is C52H55N9O6. The van der Waals surface area contributed by atoms with Crippen LogP contribution in [0, 0.1) is 0 Å². The molecule has 3 aliphatic heterocycles. The molecule has 3 aliphatic rings. The predicted octanol–water partition coefficient (Wildman–Crippen LogP) is 5.85. The number of phenols is 1. The third-order valence-corrected chi connectivity index (χ3v) is 13.0. The Labute approximate surface area is 390 Å². The Bertz CT molecular complexity index is 2770. The highest BCUT2D eigenvalue weighted by Gasteiger charge is 2.51. The van der Waals surface area contributed by atoms with E-state index in [2.05, 4.69) is 27.8 Å². The van der Waals surface area contributed by atoms with Crippen molar-refractivity contribution in [2.24, 2.45) is 7.05 Å². The topological polar surface area (TPSA) is 147 Å². The van der Waals surface area contributed by atoms with Crippen LogP contribution in [-0.4, -0.2) is 123 Å². The third-order valence-electron chi connectivity index (χ3n) is 13.0. The average Bonchev–Trinajstić information content (AvgIpc) is 3.70. The molecule has 2 aromatic heterocycles. The Kier molecular flexibility index (Phi) is 12.9. The quantitative estimate of drug-likeness (QED) is 0.128. The molecule has 344 valence electrons. The average molecular weight is 902 g/mol. The molecule has 4 aromatic carbocycles. The van der Waals surface area contributed by atoms with Gasteiger partial charge >= 0.3 is 0 Å². The number of nitrogens with zero attached hydrogens (tertiary/aromatic N) is 8. The molecule has 2 N–H and O–H groups in total. The van der Waals surface area contributed by atoms with E-state index in [1.807, 2.05) is 90.5 Å². The van der Waals surface area contributed by atoms with Gasteiger partial charge in [-0.1, -0.05) is 78.9 Å². The highest BCUT2D eigenvalue weighted by Crippen LogP contribution is 2.33. The maximum Gasteiger partial charge on any atom is 0.257 e. The van der Waals surface area contributed by atoms with Crippen LogP contribution in [0.25, 0.3) is 10.9 Å². The number of piperazine rings is 2. The first-order valence-corrected chi connectivity index (χ1v) is 22.7. The van der Waals surface area contributed by atoms with E-state index in [9.17, 15) is 24.3 Å². The number of benzene rings is 4. The number of anilines is 3. The number of para-hydroxylation sites is 3. The molecule has 4 amide bonds. The molecule has 3 fully saturated rings. The lowest BCUT2D eigenvalue weighted by atomic mass is 9.97. The number of aromatic hydroxyl groups is 1. The van der Waals surface area contributed by atoms with Crippen LogP contribution in [0.15, 0.2) is 134 Å². The van der Waals surface area contributed by atoms with Gasteiger partial charge in [0.2, 0.25) is 17.7 Å². The summed E-state index contributed by atoms with van der Waals surface area (Å²) in [5, 5.41) is 17.2. The van der Waals surface area contributed by atoms with Gasteiger partial charge in [0.25, 0.3) is 5.91 Å². The minimum atomic E-state index is -0.928. The zero-order chi connectivity index (χ0) is 46.6. The fourth-order valence-electron chi connectivity index (χ4n) is 9.75. The van der Waals surface area contributed by atoms with Crippen molar-refractivity contribution in [1.82, 2.24) is 29.4 Å². The fourth-order valence-corrected chi connectivity index (χ4v) is 9.75. The number of carbonyl (C=O) groups is 4. The van der Waals surface area contributed by atoms with Gasteiger partial charge in [-0.3, -0.25) is 19.2 Å². The minimum Gasteiger partial charge on any atom is -0.508 e. The van der Waals surface area contributed by atoms with Gasteiger partial charge in [0.15, 0.2) is 0 Å². The molecule has 2 unspecified atom stereocenters. The molecular weight excluding hydrogens is 847 g/mol. The summed E-state index contributed by atoms with van der Waals surface area (Å²) >= 11 is 0. The van der Waals surface area contributed by atoms with Crippen molar-refractivity contribution >= 4 is 51.7 Å². The minimum absolute atomic E-state index is 0.0655. The van der Waals surface area contributed by atoms with E-state index in [0.29, 0.717) is 23.1 Å². The fraction of sp³-hybridized carbons (Fsp3) is 0.288. The van der Waals surface area contributed by atoms with Gasteiger partial charge in [0, 0.05) is 70.7 Å². The number of nitrogens with one attached hydrogen (secondary N) is 1. The highest BCUT2D eigenvalue weighted by molar-refractivity contribution is 6.13. The molecule has 15 nitrogen and oxygen atoms in total. The van der Waals surface area contributed by atoms with Crippen molar-refractivity contribution < 1.29 is 29.0 Å². The standard InChI is InChI=1S/C52H55N9O6/c1-4-25-59-35-49(64)60-44(30-37-17-21-40(62)22-18-37)52(66)58(34-47(60)61(59)48(63)24-19-36-11-6-5-7-12-36)32-38-13-10-14-41-42(33-55(2)50(38)41)51(65)54-39-20-23-46(53-31-39)57-28-26-56(27-29-57)43-15-8-9-16-45(43)67-3/h4-18,20-23,31,33,44,47,62H,1,19,24-30,32,34-35H2,2-3H3,(H,54,65). The van der Waals surface area contributed by atoms with E-state index >= 15 is 0 Å². The lowest BCUT2D eigenvalue weighted by Gasteiger charge is -2.55. The lowest BCUT2D eigenvalue weighted by Crippen LogP contribution is -2.75. The highest BCUT2D eigenvalue weighted by atomic mass is 16.5. The van der Waals surface area contributed by atoms with Crippen LogP contribution in [0.3, 0.4) is 0 Å². The van der Waals surface area contributed by atoms with Gasteiger partial charge in [0.1, 0.15) is 29.5 Å². The van der Waals surface area contributed by atoms with Gasteiger partial charge < -0.3 is 39.3 Å². The summed E-state index contributed by atoms with van der Waals surface area (Å²) in [5.41, 5.74) is 5.46. The maximum absolute atomic E-state index is 14.8. The van der Waals surface area contributed by atoms with Gasteiger partial charge in [-0.2, -0.15) is 0 Å². The summed E-state index contributed by atoms with van der Waals surface area (Å²) in [6.45, 7) is 7.51. The van der Waals surface area contributed by atoms with Crippen LogP contribution in [0.1, 0.15) is 33.5 Å². The summed E-state index contributed by atoms with van der Waals surface area (Å²) in [4.78, 5) is 69.9. The van der Waals surface area contributed by atoms with Crippen molar-refractivity contribution in [2.45, 2.75) is 38.0 Å². The first kappa shape index (κ1) is 44.5. The van der Waals surface area contributed by atoms with Crippen molar-refractivity contribution in [3.8, 4) is 11.5 Å². The number of amides is 4. The SMILES string of the molecule is C=CCN1CC(=O)N2C(Cc3ccc(O)cc3)C(=O)N(Cc3cccc4c(C(=O)Nc5ccc(N6CCN(c7ccccc7OC)CC6)nc5)cn(C)c34)CC2N1C(=O)CCc1ccccc1. The molecule has 5 heterocycles. The Morgan fingerprint density at radius 3 is 2.36 bits per heavy atom. The zero-order valence-electron chi connectivity index (χ0n) is 37.8. The number of phenolic OH excluding ortho intramolecular Hbond substituents is 1. The number of fused-ring (bicyclic) bond motifs is 2. The third kappa shape index (κ3) is 9.27. The molecule has 0 radical (unpaired) electrons. The largest absolute Gasteiger partial charge is 0.508 e. The molecule has 6 aromatic rings. The smallest absolute Gasteiger partial charge is 0.257 e. The van der Waals surface area contributed by atoms with E-state index < -0.39 is 12.2 Å². The number of methoxy groups -OCH3 is 1. The Morgan fingerprint density at radius 1 is 0.881 bits per heavy atom. The summed E-state index contributed by atoms with van der Waals surface area (Å²) < 4.78 is 7.48. The van der Waals surface area contributed by atoms with E-state index in [-0.39, 0.29) is 68.4 Å². The summed E-state index contributed by atoms with van der Waals surface area (Å²) in [6.07, 6.45) is 5.24. The molecule has 0 aliphatic carbocycles. The molecule has 0 spiro atoms. The van der Waals surface area contributed by atoms with E-state index in [4.69, 9.17) is 9.72 Å². The van der Waals surface area contributed by atoms with E-state index in [0.717, 1.165) is 65.6 Å². The van der Waals surface area contributed by atoms with E-state index in [1.54, 1.807) is 69.7 Å². The van der Waals surface area contributed by atoms with Crippen molar-refractivity contribution in [3.05, 3.63) is 156 Å². The number of carbonyl (C=O) groups excluding carboxylic acids is 4. The molecule has 67 heavy (non-hydrogen) atoms. The zero-order valence-corrected chi connectivity index (χ0v) is 37.8. The molecule has 3 saturated heterocycles. The number of aryl methyl sites for hydroxylation is 2. The molecule has 2 atom stereocenters. The van der Waals surface area contributed by atoms with Crippen LogP contribution in [-0.2, 0) is 40.8 Å². The van der Waals surface area contributed by atoms with Crippen LogP contribution >= 0.6 is 0 Å². The number of hydrazine groups is 1. The monoisotopic (exact) mass is 901 g/mol. The Balaban J connectivity index is 0.947. The van der Waals surface area contributed by atoms with Crippen molar-refractivity contribution in [1.29, 1.82) is 0 Å². The lowest BCUT2D eigenvalue weighted by molar-refractivity contribution is -0.205. The van der Waals surface area contributed by atoms with Crippen LogP contribution < -0.4 is 19.9 Å². The number of rotatable bonds is 14. The van der Waals surface area contributed by atoms with Gasteiger partial charge in [-0.05, 0) is 59.5 Å². The second kappa shape index (κ2) is 19.4. The Hall–Kier alpha value is -7.65. The second-order valence-electron chi connectivity index (χ2n) is 17.2. The van der Waals surface area contributed by atoms with Gasteiger partial charge in [0.05, 0.1) is 48.9 Å². The first-order chi connectivity index (χ1) is 32.6. The molecule has 15 heteroatoms. The first-order valence-electron chi connectivity index (χ1n) is 22.7.